The van der Waals surface area contributed by atoms with Gasteiger partial charge in [-0.2, -0.15) is 12.6 Å². The van der Waals surface area contributed by atoms with E-state index < -0.39 is 6.10 Å². The highest BCUT2D eigenvalue weighted by molar-refractivity contribution is 7.80. The van der Waals surface area contributed by atoms with Crippen LogP contribution in [0.25, 0.3) is 0 Å². The first-order chi connectivity index (χ1) is 8.67. The van der Waals surface area contributed by atoms with Gasteiger partial charge in [-0.15, -0.1) is 0 Å². The Labute approximate surface area is 113 Å². The van der Waals surface area contributed by atoms with E-state index in [-0.39, 0.29) is 5.91 Å². The number of thiol groups is 1. The van der Waals surface area contributed by atoms with Gasteiger partial charge in [0.2, 0.25) is 0 Å². The van der Waals surface area contributed by atoms with Crippen molar-refractivity contribution in [2.45, 2.75) is 19.6 Å². The molecule has 0 radical (unpaired) electrons. The number of carbonyl (C=O) groups is 1. The summed E-state index contributed by atoms with van der Waals surface area (Å²) in [5, 5.41) is 3.10. The number of carbonyl (C=O) groups excluding carboxylic acids is 1. The maximum atomic E-state index is 12.1. The zero-order valence-corrected chi connectivity index (χ0v) is 11.5. The molecule has 5 heteroatoms. The lowest BCUT2D eigenvalue weighted by Crippen LogP contribution is -2.45. The minimum Gasteiger partial charge on any atom is -0.479 e. The highest BCUT2D eigenvalue weighted by Crippen LogP contribution is 2.34. The van der Waals surface area contributed by atoms with Crippen molar-refractivity contribution in [3.05, 3.63) is 23.8 Å². The van der Waals surface area contributed by atoms with Crippen LogP contribution in [0.15, 0.2) is 18.2 Å². The summed E-state index contributed by atoms with van der Waals surface area (Å²) >= 11 is 4.21. The molecule has 1 aliphatic heterocycles. The maximum Gasteiger partial charge on any atom is 0.267 e. The number of hydrogen-bond donors (Lipinski definition) is 2. The Balaban J connectivity index is 2.38. The average Bonchev–Trinajstić information content (AvgIpc) is 2.36. The third-order valence-corrected chi connectivity index (χ3v) is 3.14. The molecular formula is C13H18N2O2S. The SMILES string of the molecule is CNCc1ccc2c(c1)N(CCS)C(=O)C(C)O2. The largest absolute Gasteiger partial charge is 0.479 e. The molecular weight excluding hydrogens is 248 g/mol. The minimum absolute atomic E-state index is 0.00171. The van der Waals surface area contributed by atoms with Gasteiger partial charge in [-0.3, -0.25) is 4.79 Å². The van der Waals surface area contributed by atoms with Gasteiger partial charge < -0.3 is 15.0 Å². The Bertz CT molecular complexity index is 451. The van der Waals surface area contributed by atoms with Crippen LogP contribution in [-0.4, -0.2) is 31.4 Å². The molecule has 18 heavy (non-hydrogen) atoms. The number of benzene rings is 1. The number of rotatable bonds is 4. The van der Waals surface area contributed by atoms with E-state index in [0.717, 1.165) is 23.5 Å². The zero-order valence-electron chi connectivity index (χ0n) is 10.6. The van der Waals surface area contributed by atoms with Crippen molar-refractivity contribution >= 4 is 24.2 Å². The fraction of sp³-hybridized carbons (Fsp3) is 0.462. The number of amides is 1. The van der Waals surface area contributed by atoms with E-state index in [1.54, 1.807) is 11.8 Å². The number of fused-ring (bicyclic) bond motifs is 1. The molecule has 0 fully saturated rings. The number of anilines is 1. The van der Waals surface area contributed by atoms with Gasteiger partial charge >= 0.3 is 0 Å². The van der Waals surface area contributed by atoms with Gasteiger partial charge in [0, 0.05) is 18.8 Å². The van der Waals surface area contributed by atoms with Crippen molar-refractivity contribution in [2.75, 3.05) is 24.2 Å². The summed E-state index contributed by atoms with van der Waals surface area (Å²) in [7, 11) is 1.90. The summed E-state index contributed by atoms with van der Waals surface area (Å²) in [6.07, 6.45) is -0.424. The van der Waals surface area contributed by atoms with Crippen molar-refractivity contribution in [3.63, 3.8) is 0 Å². The summed E-state index contributed by atoms with van der Waals surface area (Å²) in [5.41, 5.74) is 1.98. The van der Waals surface area contributed by atoms with Crippen LogP contribution in [0, 0.1) is 0 Å². The Kier molecular flexibility index (Phi) is 4.14. The predicted octanol–water partition coefficient (Wildman–Crippen LogP) is 1.45. The number of nitrogens with zero attached hydrogens (tertiary/aromatic N) is 1. The van der Waals surface area contributed by atoms with Crippen LogP contribution in [0.1, 0.15) is 12.5 Å². The Morgan fingerprint density at radius 1 is 1.50 bits per heavy atom. The quantitative estimate of drug-likeness (QED) is 0.811. The van der Waals surface area contributed by atoms with E-state index in [2.05, 4.69) is 17.9 Å². The second-order valence-electron chi connectivity index (χ2n) is 4.31. The van der Waals surface area contributed by atoms with Gasteiger partial charge in [0.05, 0.1) is 5.69 Å². The van der Waals surface area contributed by atoms with Crippen molar-refractivity contribution < 1.29 is 9.53 Å². The van der Waals surface area contributed by atoms with Crippen LogP contribution in [0.4, 0.5) is 5.69 Å². The molecule has 1 atom stereocenters. The average molecular weight is 266 g/mol. The molecule has 0 aliphatic carbocycles. The molecule has 1 aliphatic rings. The van der Waals surface area contributed by atoms with E-state index in [1.807, 2.05) is 25.2 Å². The standard InChI is InChI=1S/C13H18N2O2S/c1-9-13(16)15(5-6-18)11-7-10(8-14-2)3-4-12(11)17-9/h3-4,7,9,14,18H,5-6,8H2,1-2H3. The van der Waals surface area contributed by atoms with Crippen LogP contribution in [0.2, 0.25) is 0 Å². The molecule has 0 bridgehead atoms. The van der Waals surface area contributed by atoms with Crippen molar-refractivity contribution in [2.24, 2.45) is 0 Å². The maximum absolute atomic E-state index is 12.1. The summed E-state index contributed by atoms with van der Waals surface area (Å²) < 4.78 is 5.62. The lowest BCUT2D eigenvalue weighted by Gasteiger charge is -2.33. The molecule has 4 nitrogen and oxygen atoms in total. The Hall–Kier alpha value is -1.20. The second kappa shape index (κ2) is 5.63. The third-order valence-electron chi connectivity index (χ3n) is 2.94. The number of ether oxygens (including phenoxy) is 1. The van der Waals surface area contributed by atoms with Gasteiger partial charge in [0.1, 0.15) is 5.75 Å². The molecule has 1 amide bonds. The lowest BCUT2D eigenvalue weighted by molar-refractivity contribution is -0.125. The molecule has 0 spiro atoms. The normalized spacial score (nSPS) is 18.5. The predicted molar refractivity (Wildman–Crippen MR) is 75.5 cm³/mol. The van der Waals surface area contributed by atoms with Crippen LogP contribution in [0.3, 0.4) is 0 Å². The molecule has 2 rings (SSSR count). The molecule has 1 N–H and O–H groups in total. The Morgan fingerprint density at radius 2 is 2.28 bits per heavy atom. The fourth-order valence-corrected chi connectivity index (χ4v) is 2.30. The van der Waals surface area contributed by atoms with E-state index in [0.29, 0.717) is 12.3 Å². The molecule has 0 saturated carbocycles. The van der Waals surface area contributed by atoms with E-state index in [4.69, 9.17) is 4.74 Å². The summed E-state index contributed by atoms with van der Waals surface area (Å²) in [4.78, 5) is 13.9. The smallest absolute Gasteiger partial charge is 0.267 e. The third kappa shape index (κ3) is 2.47. The number of nitrogens with one attached hydrogen (secondary N) is 1. The molecule has 1 unspecified atom stereocenters. The monoisotopic (exact) mass is 266 g/mol. The molecule has 1 heterocycles. The first-order valence-corrected chi connectivity index (χ1v) is 6.67. The summed E-state index contributed by atoms with van der Waals surface area (Å²) in [6.45, 7) is 3.15. The highest BCUT2D eigenvalue weighted by atomic mass is 32.1. The molecule has 0 saturated heterocycles. The van der Waals surface area contributed by atoms with Gasteiger partial charge in [-0.25, -0.2) is 0 Å². The van der Waals surface area contributed by atoms with E-state index >= 15 is 0 Å². The van der Waals surface area contributed by atoms with E-state index in [9.17, 15) is 4.79 Å². The Morgan fingerprint density at radius 3 is 2.94 bits per heavy atom. The van der Waals surface area contributed by atoms with Gasteiger partial charge in [-0.05, 0) is 31.7 Å². The molecule has 98 valence electrons. The minimum atomic E-state index is -0.424. The molecule has 1 aromatic carbocycles. The van der Waals surface area contributed by atoms with Gasteiger partial charge in [0.25, 0.3) is 5.91 Å². The fourth-order valence-electron chi connectivity index (χ4n) is 2.10. The van der Waals surface area contributed by atoms with Crippen LogP contribution >= 0.6 is 12.6 Å². The molecule has 1 aromatic rings. The van der Waals surface area contributed by atoms with Crippen LogP contribution in [0.5, 0.6) is 5.75 Å². The van der Waals surface area contributed by atoms with E-state index in [1.165, 1.54) is 0 Å². The van der Waals surface area contributed by atoms with Crippen molar-refractivity contribution in [1.82, 2.24) is 5.32 Å². The van der Waals surface area contributed by atoms with Gasteiger partial charge in [0.15, 0.2) is 6.10 Å². The first kappa shape index (κ1) is 13.2. The lowest BCUT2D eigenvalue weighted by atomic mass is 10.1. The first-order valence-electron chi connectivity index (χ1n) is 6.03. The van der Waals surface area contributed by atoms with Crippen LogP contribution < -0.4 is 15.0 Å². The van der Waals surface area contributed by atoms with Crippen molar-refractivity contribution in [3.8, 4) is 5.75 Å². The summed E-state index contributed by atoms with van der Waals surface area (Å²) in [5.74, 6) is 1.40. The van der Waals surface area contributed by atoms with Crippen LogP contribution in [-0.2, 0) is 11.3 Å². The van der Waals surface area contributed by atoms with Gasteiger partial charge in [-0.1, -0.05) is 6.07 Å². The van der Waals surface area contributed by atoms with Crippen molar-refractivity contribution in [1.29, 1.82) is 0 Å². The number of hydrogen-bond acceptors (Lipinski definition) is 4. The topological polar surface area (TPSA) is 41.6 Å². The second-order valence-corrected chi connectivity index (χ2v) is 4.75. The molecule has 0 aromatic heterocycles. The highest BCUT2D eigenvalue weighted by Gasteiger charge is 2.30. The summed E-state index contributed by atoms with van der Waals surface area (Å²) in [6, 6.07) is 5.94. The zero-order chi connectivity index (χ0) is 13.1.